The number of carbonyl (C=O) groups excluding carboxylic acids is 1. The van der Waals surface area contributed by atoms with Crippen LogP contribution < -0.4 is 14.8 Å². The van der Waals surface area contributed by atoms with Crippen LogP contribution in [0.1, 0.15) is 32.6 Å². The fraction of sp³-hybridized carbons (Fsp3) is 0.400. The van der Waals surface area contributed by atoms with Crippen LogP contribution in [0.3, 0.4) is 0 Å². The zero-order chi connectivity index (χ0) is 24.9. The molecule has 1 amide bonds. The van der Waals surface area contributed by atoms with E-state index >= 15 is 0 Å². The first-order valence-corrected chi connectivity index (χ1v) is 11.9. The number of halogens is 2. The molecule has 1 aliphatic carbocycles. The van der Waals surface area contributed by atoms with Crippen LogP contribution in [0.4, 0.5) is 20.7 Å². The second-order valence-corrected chi connectivity index (χ2v) is 8.73. The van der Waals surface area contributed by atoms with E-state index in [2.05, 4.69) is 15.3 Å². The monoisotopic (exact) mass is 502 g/mol. The number of ether oxygens (including phenoxy) is 3. The molecular formula is C25H28ClFN4O4. The molecule has 4 rings (SSSR count). The van der Waals surface area contributed by atoms with Gasteiger partial charge < -0.3 is 24.4 Å². The molecule has 0 spiro atoms. The van der Waals surface area contributed by atoms with Crippen molar-refractivity contribution in [2.75, 3.05) is 26.1 Å². The van der Waals surface area contributed by atoms with Crippen LogP contribution in [0.5, 0.6) is 11.5 Å². The molecule has 8 nitrogen and oxygen atoms in total. The van der Waals surface area contributed by atoms with E-state index in [-0.39, 0.29) is 28.9 Å². The van der Waals surface area contributed by atoms with E-state index in [1.54, 1.807) is 50.2 Å². The van der Waals surface area contributed by atoms with Crippen molar-refractivity contribution < 1.29 is 23.4 Å². The number of rotatable bonds is 7. The minimum absolute atomic E-state index is 0.0169. The van der Waals surface area contributed by atoms with E-state index in [1.807, 2.05) is 0 Å². The average Bonchev–Trinajstić information content (AvgIpc) is 2.87. The molecule has 3 aromatic rings. The third kappa shape index (κ3) is 5.51. The van der Waals surface area contributed by atoms with Gasteiger partial charge in [-0.25, -0.2) is 19.2 Å². The summed E-state index contributed by atoms with van der Waals surface area (Å²) in [6.45, 7) is 2.15. The number of amides is 1. The van der Waals surface area contributed by atoms with Gasteiger partial charge in [-0.05, 0) is 50.8 Å². The second kappa shape index (κ2) is 10.9. The smallest absolute Gasteiger partial charge is 0.409 e. The van der Waals surface area contributed by atoms with Gasteiger partial charge in [-0.2, -0.15) is 0 Å². The van der Waals surface area contributed by atoms with Gasteiger partial charge in [-0.3, -0.25) is 0 Å². The van der Waals surface area contributed by atoms with Crippen molar-refractivity contribution in [2.24, 2.45) is 0 Å². The quantitative estimate of drug-likeness (QED) is 0.427. The fourth-order valence-electron chi connectivity index (χ4n) is 4.25. The number of nitrogens with one attached hydrogen (secondary N) is 1. The van der Waals surface area contributed by atoms with Crippen molar-refractivity contribution in [3.8, 4) is 11.5 Å². The van der Waals surface area contributed by atoms with Gasteiger partial charge in [-0.15, -0.1) is 0 Å². The Morgan fingerprint density at radius 3 is 2.69 bits per heavy atom. The van der Waals surface area contributed by atoms with E-state index in [1.165, 1.54) is 12.4 Å². The number of benzene rings is 2. The number of methoxy groups -OCH3 is 1. The van der Waals surface area contributed by atoms with Crippen molar-refractivity contribution >= 4 is 40.1 Å². The Morgan fingerprint density at radius 2 is 1.97 bits per heavy atom. The van der Waals surface area contributed by atoms with E-state index < -0.39 is 5.82 Å². The van der Waals surface area contributed by atoms with Crippen LogP contribution in [-0.2, 0) is 4.74 Å². The Labute approximate surface area is 208 Å². The Bertz CT molecular complexity index is 1200. The Balaban J connectivity index is 1.54. The topological polar surface area (TPSA) is 85.8 Å². The number of anilines is 2. The summed E-state index contributed by atoms with van der Waals surface area (Å²) in [4.78, 5) is 22.3. The zero-order valence-electron chi connectivity index (χ0n) is 19.9. The van der Waals surface area contributed by atoms with Crippen LogP contribution in [0.2, 0.25) is 5.02 Å². The maximum absolute atomic E-state index is 14.5. The number of fused-ring (bicyclic) bond motifs is 1. The van der Waals surface area contributed by atoms with Gasteiger partial charge >= 0.3 is 6.09 Å². The normalized spacial score (nSPS) is 17.6. The molecule has 0 aliphatic heterocycles. The second-order valence-electron chi connectivity index (χ2n) is 8.33. The van der Waals surface area contributed by atoms with Crippen molar-refractivity contribution in [1.82, 2.24) is 14.9 Å². The standard InChI is InChI=1S/C25H28ClFN4O4/c1-4-34-25(32)31(2)15-8-10-16(11-9-15)35-22-12-17-20(13-21(22)33-3)28-14-29-24(17)30-19-7-5-6-18(26)23(19)27/h5-7,12-16H,4,8-11H2,1-3H3,(H,28,29,30)/t15-,16-. The SMILES string of the molecule is CCOC(=O)N(C)[C@H]1CC[C@H](Oc2cc3c(Nc4cccc(Cl)c4F)ncnc3cc2OC)CC1. The number of nitrogens with zero attached hydrogens (tertiary/aromatic N) is 3. The van der Waals surface area contributed by atoms with Gasteiger partial charge in [0.25, 0.3) is 0 Å². The predicted octanol–water partition coefficient (Wildman–Crippen LogP) is 5.95. The predicted molar refractivity (Wildman–Crippen MR) is 132 cm³/mol. The summed E-state index contributed by atoms with van der Waals surface area (Å²) in [6.07, 6.45) is 4.22. The lowest BCUT2D eigenvalue weighted by Gasteiger charge is -2.34. The average molecular weight is 503 g/mol. The third-order valence-electron chi connectivity index (χ3n) is 6.17. The van der Waals surface area contributed by atoms with Gasteiger partial charge in [-0.1, -0.05) is 17.7 Å². The van der Waals surface area contributed by atoms with Crippen LogP contribution in [0, 0.1) is 5.82 Å². The molecule has 0 saturated heterocycles. The first-order valence-electron chi connectivity index (χ1n) is 11.5. The van der Waals surface area contributed by atoms with Gasteiger partial charge in [0, 0.05) is 24.5 Å². The first-order chi connectivity index (χ1) is 16.9. The van der Waals surface area contributed by atoms with Crippen LogP contribution in [-0.4, -0.2) is 53.9 Å². The van der Waals surface area contributed by atoms with Gasteiger partial charge in [0.05, 0.1) is 36.0 Å². The fourth-order valence-corrected chi connectivity index (χ4v) is 4.42. The van der Waals surface area contributed by atoms with Crippen molar-refractivity contribution in [1.29, 1.82) is 0 Å². The summed E-state index contributed by atoms with van der Waals surface area (Å²) in [5.41, 5.74) is 0.828. The Morgan fingerprint density at radius 1 is 1.20 bits per heavy atom. The molecule has 1 aliphatic rings. The maximum Gasteiger partial charge on any atom is 0.409 e. The van der Waals surface area contributed by atoms with Crippen LogP contribution in [0.15, 0.2) is 36.7 Å². The van der Waals surface area contributed by atoms with Gasteiger partial charge in [0.15, 0.2) is 17.3 Å². The number of aromatic nitrogens is 2. The molecule has 2 aromatic carbocycles. The number of hydrogen-bond acceptors (Lipinski definition) is 7. The molecular weight excluding hydrogens is 475 g/mol. The summed E-state index contributed by atoms with van der Waals surface area (Å²) in [6, 6.07) is 8.41. The molecule has 0 radical (unpaired) electrons. The molecule has 1 heterocycles. The number of carbonyl (C=O) groups is 1. The molecule has 1 saturated carbocycles. The third-order valence-corrected chi connectivity index (χ3v) is 6.46. The highest BCUT2D eigenvalue weighted by atomic mass is 35.5. The molecule has 35 heavy (non-hydrogen) atoms. The molecule has 1 fully saturated rings. The zero-order valence-corrected chi connectivity index (χ0v) is 20.6. The van der Waals surface area contributed by atoms with Crippen molar-refractivity contribution in [2.45, 2.75) is 44.8 Å². The molecule has 1 N–H and O–H groups in total. The summed E-state index contributed by atoms with van der Waals surface area (Å²) >= 11 is 5.92. The summed E-state index contributed by atoms with van der Waals surface area (Å²) in [5, 5.41) is 3.68. The first kappa shape index (κ1) is 24.8. The minimum atomic E-state index is -0.560. The van der Waals surface area contributed by atoms with Crippen LogP contribution >= 0.6 is 11.6 Å². The Kier molecular flexibility index (Phi) is 7.75. The van der Waals surface area contributed by atoms with Crippen LogP contribution in [0.25, 0.3) is 10.9 Å². The molecule has 186 valence electrons. The van der Waals surface area contributed by atoms with E-state index in [0.29, 0.717) is 34.8 Å². The molecule has 1 aromatic heterocycles. The van der Waals surface area contributed by atoms with Gasteiger partial charge in [0.2, 0.25) is 0 Å². The maximum atomic E-state index is 14.5. The van der Waals surface area contributed by atoms with Gasteiger partial charge in [0.1, 0.15) is 12.1 Å². The highest BCUT2D eigenvalue weighted by Crippen LogP contribution is 2.37. The molecule has 0 unspecified atom stereocenters. The largest absolute Gasteiger partial charge is 0.493 e. The number of hydrogen-bond donors (Lipinski definition) is 1. The van der Waals surface area contributed by atoms with Crippen molar-refractivity contribution in [3.05, 3.63) is 47.5 Å². The highest BCUT2D eigenvalue weighted by Gasteiger charge is 2.29. The lowest BCUT2D eigenvalue weighted by Crippen LogP contribution is -2.41. The highest BCUT2D eigenvalue weighted by molar-refractivity contribution is 6.31. The summed E-state index contributed by atoms with van der Waals surface area (Å²) in [7, 11) is 3.34. The lowest BCUT2D eigenvalue weighted by molar-refractivity contribution is 0.0718. The molecule has 10 heteroatoms. The lowest BCUT2D eigenvalue weighted by atomic mass is 9.92. The van der Waals surface area contributed by atoms with Crippen molar-refractivity contribution in [3.63, 3.8) is 0 Å². The minimum Gasteiger partial charge on any atom is -0.493 e. The summed E-state index contributed by atoms with van der Waals surface area (Å²) in [5.74, 6) is 0.951. The Hall–Kier alpha value is -3.33. The molecule has 0 bridgehead atoms. The molecule has 0 atom stereocenters. The van der Waals surface area contributed by atoms with E-state index in [4.69, 9.17) is 25.8 Å². The van der Waals surface area contributed by atoms with E-state index in [0.717, 1.165) is 25.7 Å². The summed E-state index contributed by atoms with van der Waals surface area (Å²) < 4.78 is 31.5. The van der Waals surface area contributed by atoms with E-state index in [9.17, 15) is 9.18 Å².